The number of carbonyl (C=O) groups is 2. The first kappa shape index (κ1) is 30.5. The number of aryl methyl sites for hydroxylation is 1. The molecule has 10 nitrogen and oxygen atoms in total. The van der Waals surface area contributed by atoms with Crippen LogP contribution < -0.4 is 35.6 Å². The van der Waals surface area contributed by atoms with E-state index in [0.29, 0.717) is 48.7 Å². The molecule has 0 unspecified atom stereocenters. The summed E-state index contributed by atoms with van der Waals surface area (Å²) >= 11 is 0. The number of fused-ring (bicyclic) bond motifs is 4. The molecule has 1 aliphatic rings. The molecule has 0 saturated carbocycles. The van der Waals surface area contributed by atoms with Crippen LogP contribution in [0.1, 0.15) is 37.4 Å². The van der Waals surface area contributed by atoms with Crippen molar-refractivity contribution in [2.45, 2.75) is 45.3 Å². The van der Waals surface area contributed by atoms with E-state index in [4.69, 9.17) is 14.2 Å². The van der Waals surface area contributed by atoms with Crippen molar-refractivity contribution >= 4 is 28.4 Å². The van der Waals surface area contributed by atoms with Crippen molar-refractivity contribution in [3.05, 3.63) is 82.1 Å². The maximum Gasteiger partial charge on any atom is 0.242 e. The lowest BCUT2D eigenvalue weighted by Gasteiger charge is -2.19. The molecule has 3 aromatic carbocycles. The topological polar surface area (TPSA) is 120 Å². The molecule has 0 saturated heterocycles. The predicted molar refractivity (Wildman–Crippen MR) is 171 cm³/mol. The van der Waals surface area contributed by atoms with Crippen molar-refractivity contribution in [1.82, 2.24) is 15.2 Å². The normalized spacial score (nSPS) is 14.4. The average molecular weight is 599 g/mol. The maximum absolute atomic E-state index is 13.6. The van der Waals surface area contributed by atoms with Crippen molar-refractivity contribution in [2.24, 2.45) is 0 Å². The highest BCUT2D eigenvalue weighted by Gasteiger charge is 2.29. The number of para-hydroxylation sites is 1. The van der Waals surface area contributed by atoms with Gasteiger partial charge in [0, 0.05) is 37.3 Å². The Bertz CT molecular complexity index is 1770. The average Bonchev–Trinajstić information content (AvgIpc) is 3.29. The van der Waals surface area contributed by atoms with Gasteiger partial charge in [0.2, 0.25) is 23.0 Å². The van der Waals surface area contributed by atoms with Crippen LogP contribution in [0.4, 0.5) is 5.69 Å². The SMILES string of the molecule is COc1cc2c(c(OC)c1OC)-c1ccc(N[C@@H](C)C(=O)NCCn3ccc4ccccc43)c(=O)cc1[C@@H](NC(C)=O)CC2. The van der Waals surface area contributed by atoms with Crippen LogP contribution in [0.3, 0.4) is 0 Å². The number of hydrogen-bond acceptors (Lipinski definition) is 7. The zero-order valence-electron chi connectivity index (χ0n) is 25.7. The standard InChI is InChI=1S/C34H38N4O6/c1-20(34(41)35-15-17-38-16-14-22-8-6-7-9-28(22)38)36-27-13-11-24-25(19-29(27)40)26(37-21(2)39)12-10-23-18-30(42-3)32(43-4)33(44-5)31(23)24/h6-9,11,13-14,16,18-20,26H,10,12,15,17H2,1-5H3,(H,35,41)(H,36,40)(H,37,39)/t20-,26-/m0/s1. The number of hydrogen-bond donors (Lipinski definition) is 3. The van der Waals surface area contributed by atoms with Crippen LogP contribution in [0.5, 0.6) is 17.2 Å². The van der Waals surface area contributed by atoms with Crippen molar-refractivity contribution in [2.75, 3.05) is 33.2 Å². The first-order chi connectivity index (χ1) is 21.2. The Morgan fingerprint density at radius 2 is 1.77 bits per heavy atom. The minimum atomic E-state index is -0.677. The van der Waals surface area contributed by atoms with Crippen molar-refractivity contribution in [1.29, 1.82) is 0 Å². The van der Waals surface area contributed by atoms with Gasteiger partial charge in [0.05, 0.1) is 33.1 Å². The van der Waals surface area contributed by atoms with Crippen LogP contribution in [0.2, 0.25) is 0 Å². The highest BCUT2D eigenvalue weighted by molar-refractivity contribution is 5.86. The third kappa shape index (κ3) is 6.06. The van der Waals surface area contributed by atoms with Gasteiger partial charge in [-0.05, 0) is 72.2 Å². The van der Waals surface area contributed by atoms with Crippen LogP contribution in [-0.4, -0.2) is 50.3 Å². The summed E-state index contributed by atoms with van der Waals surface area (Å²) < 4.78 is 19.2. The Morgan fingerprint density at radius 3 is 2.50 bits per heavy atom. The zero-order valence-corrected chi connectivity index (χ0v) is 25.7. The van der Waals surface area contributed by atoms with Gasteiger partial charge >= 0.3 is 0 Å². The molecule has 0 radical (unpaired) electrons. The van der Waals surface area contributed by atoms with Gasteiger partial charge in [-0.2, -0.15) is 0 Å². The molecule has 0 bridgehead atoms. The Morgan fingerprint density at radius 1 is 1.00 bits per heavy atom. The van der Waals surface area contributed by atoms with Gasteiger partial charge in [-0.3, -0.25) is 14.4 Å². The highest BCUT2D eigenvalue weighted by atomic mass is 16.5. The number of carbonyl (C=O) groups excluding carboxylic acids is 2. The summed E-state index contributed by atoms with van der Waals surface area (Å²) in [6.07, 6.45) is 3.16. The van der Waals surface area contributed by atoms with Gasteiger partial charge in [-0.25, -0.2) is 0 Å². The Labute approximate surface area is 256 Å². The van der Waals surface area contributed by atoms with Gasteiger partial charge in [0.1, 0.15) is 6.04 Å². The van der Waals surface area contributed by atoms with Crippen LogP contribution in [0, 0.1) is 0 Å². The molecule has 10 heteroatoms. The minimum Gasteiger partial charge on any atom is -0.493 e. The third-order valence-electron chi connectivity index (χ3n) is 8.01. The summed E-state index contributed by atoms with van der Waals surface area (Å²) in [7, 11) is 4.66. The number of nitrogens with one attached hydrogen (secondary N) is 3. The lowest BCUT2D eigenvalue weighted by molar-refractivity contribution is -0.121. The van der Waals surface area contributed by atoms with Crippen molar-refractivity contribution < 1.29 is 23.8 Å². The van der Waals surface area contributed by atoms with E-state index >= 15 is 0 Å². The van der Waals surface area contributed by atoms with Crippen LogP contribution in [0.25, 0.3) is 22.0 Å². The smallest absolute Gasteiger partial charge is 0.242 e. The number of aromatic nitrogens is 1. The molecule has 2 atom stereocenters. The number of anilines is 1. The molecule has 2 amide bonds. The van der Waals surface area contributed by atoms with Crippen LogP contribution >= 0.6 is 0 Å². The Balaban J connectivity index is 1.44. The van der Waals surface area contributed by atoms with Gasteiger partial charge < -0.3 is 34.7 Å². The predicted octanol–water partition coefficient (Wildman–Crippen LogP) is 4.43. The van der Waals surface area contributed by atoms with Crippen molar-refractivity contribution in [3.8, 4) is 28.4 Å². The van der Waals surface area contributed by atoms with Gasteiger partial charge in [0.25, 0.3) is 0 Å². The Kier molecular flexibility index (Phi) is 9.08. The van der Waals surface area contributed by atoms with E-state index in [0.717, 1.165) is 27.6 Å². The second kappa shape index (κ2) is 13.1. The van der Waals surface area contributed by atoms with Crippen LogP contribution in [-0.2, 0) is 22.6 Å². The maximum atomic E-state index is 13.6. The summed E-state index contributed by atoms with van der Waals surface area (Å²) in [4.78, 5) is 38.8. The largest absolute Gasteiger partial charge is 0.493 e. The number of amides is 2. The van der Waals surface area contributed by atoms with E-state index in [-0.39, 0.29) is 22.9 Å². The molecule has 0 fully saturated rings. The molecule has 44 heavy (non-hydrogen) atoms. The second-order valence-corrected chi connectivity index (χ2v) is 10.8. The van der Waals surface area contributed by atoms with Crippen LogP contribution in [0.15, 0.2) is 65.6 Å². The van der Waals surface area contributed by atoms with Gasteiger partial charge in [-0.15, -0.1) is 0 Å². The van der Waals surface area contributed by atoms with Crippen molar-refractivity contribution in [3.63, 3.8) is 0 Å². The molecule has 1 aromatic heterocycles. The van der Waals surface area contributed by atoms with E-state index in [1.807, 2.05) is 42.6 Å². The Hall–Kier alpha value is -4.99. The molecule has 0 aliphatic heterocycles. The summed E-state index contributed by atoms with van der Waals surface area (Å²) in [6, 6.07) is 16.0. The lowest BCUT2D eigenvalue weighted by atomic mass is 9.95. The number of benzene rings is 2. The summed E-state index contributed by atoms with van der Waals surface area (Å²) in [5.41, 5.74) is 4.13. The van der Waals surface area contributed by atoms with E-state index in [1.165, 1.54) is 13.0 Å². The number of nitrogens with zero attached hydrogens (tertiary/aromatic N) is 1. The van der Waals surface area contributed by atoms with E-state index < -0.39 is 12.1 Å². The number of ether oxygens (including phenoxy) is 3. The second-order valence-electron chi connectivity index (χ2n) is 10.8. The summed E-state index contributed by atoms with van der Waals surface area (Å²) in [6.45, 7) is 4.22. The lowest BCUT2D eigenvalue weighted by Crippen LogP contribution is -2.39. The monoisotopic (exact) mass is 598 g/mol. The fraction of sp³-hybridized carbons (Fsp3) is 0.324. The first-order valence-corrected chi connectivity index (χ1v) is 14.6. The fourth-order valence-corrected chi connectivity index (χ4v) is 5.91. The molecule has 1 aliphatic carbocycles. The molecule has 4 aromatic rings. The first-order valence-electron chi connectivity index (χ1n) is 14.6. The molecule has 3 N–H and O–H groups in total. The summed E-state index contributed by atoms with van der Waals surface area (Å²) in [5, 5.41) is 10.2. The number of rotatable bonds is 10. The molecule has 5 rings (SSSR count). The quantitative estimate of drug-likeness (QED) is 0.247. The van der Waals surface area contributed by atoms with E-state index in [9.17, 15) is 14.4 Å². The van der Waals surface area contributed by atoms with E-state index in [2.05, 4.69) is 26.6 Å². The van der Waals surface area contributed by atoms with Gasteiger partial charge in [-0.1, -0.05) is 24.3 Å². The molecule has 1 heterocycles. The van der Waals surface area contributed by atoms with E-state index in [1.54, 1.807) is 34.3 Å². The summed E-state index contributed by atoms with van der Waals surface area (Å²) in [5.74, 6) is 1.00. The fourth-order valence-electron chi connectivity index (χ4n) is 5.91. The van der Waals surface area contributed by atoms with Gasteiger partial charge in [0.15, 0.2) is 11.5 Å². The molecular weight excluding hydrogens is 560 g/mol. The molecular formula is C34H38N4O6. The molecule has 0 spiro atoms. The minimum absolute atomic E-state index is 0.204. The molecule has 230 valence electrons. The zero-order chi connectivity index (χ0) is 31.4. The highest BCUT2D eigenvalue weighted by Crippen LogP contribution is 2.50. The number of methoxy groups -OCH3 is 3. The third-order valence-corrected chi connectivity index (χ3v) is 8.01.